The van der Waals surface area contributed by atoms with Crippen molar-refractivity contribution in [3.63, 3.8) is 0 Å². The zero-order chi connectivity index (χ0) is 15.0. The predicted molar refractivity (Wildman–Crippen MR) is 80.1 cm³/mol. The number of sulfonamides is 1. The van der Waals surface area contributed by atoms with Gasteiger partial charge in [-0.3, -0.25) is 4.31 Å². The molecule has 21 heavy (non-hydrogen) atoms. The van der Waals surface area contributed by atoms with Crippen LogP contribution in [0, 0.1) is 5.82 Å². The Hall–Kier alpha value is -2.08. The van der Waals surface area contributed by atoms with E-state index in [4.69, 9.17) is 5.73 Å². The molecule has 1 heterocycles. The first-order valence-electron chi connectivity index (χ1n) is 6.66. The molecular formula is C15H15FN2O2S. The van der Waals surface area contributed by atoms with Gasteiger partial charge in [-0.15, -0.1) is 0 Å². The number of anilines is 2. The standard InChI is InChI=1S/C15H15FN2O2S/c16-13-8-7-12(17)10-15(13)21(19,20)18-9-3-5-11-4-1-2-6-14(11)18/h1-2,4,6-8,10H,3,5,9,17H2. The van der Waals surface area contributed by atoms with Gasteiger partial charge in [0, 0.05) is 12.2 Å². The summed E-state index contributed by atoms with van der Waals surface area (Å²) < 4.78 is 40.7. The van der Waals surface area contributed by atoms with Crippen LogP contribution in [0.3, 0.4) is 0 Å². The van der Waals surface area contributed by atoms with E-state index in [2.05, 4.69) is 0 Å². The first kappa shape index (κ1) is 13.9. The number of nitrogens with two attached hydrogens (primary N) is 1. The number of hydrogen-bond acceptors (Lipinski definition) is 3. The van der Waals surface area contributed by atoms with Gasteiger partial charge in [-0.2, -0.15) is 0 Å². The minimum atomic E-state index is -3.95. The molecule has 110 valence electrons. The molecule has 2 aromatic rings. The summed E-state index contributed by atoms with van der Waals surface area (Å²) in [6.45, 7) is 0.341. The maximum atomic E-state index is 13.9. The molecule has 0 aromatic heterocycles. The van der Waals surface area contributed by atoms with E-state index in [0.29, 0.717) is 18.7 Å². The van der Waals surface area contributed by atoms with Crippen LogP contribution >= 0.6 is 0 Å². The molecule has 2 N–H and O–H groups in total. The molecule has 0 unspecified atom stereocenters. The second kappa shape index (κ2) is 5.04. The van der Waals surface area contributed by atoms with Gasteiger partial charge in [0.05, 0.1) is 5.69 Å². The molecule has 0 spiro atoms. The molecule has 1 aliphatic rings. The van der Waals surface area contributed by atoms with Crippen LogP contribution in [0.25, 0.3) is 0 Å². The van der Waals surface area contributed by atoms with Crippen molar-refractivity contribution in [3.05, 3.63) is 53.8 Å². The van der Waals surface area contributed by atoms with Crippen molar-refractivity contribution < 1.29 is 12.8 Å². The average molecular weight is 306 g/mol. The van der Waals surface area contributed by atoms with Crippen LogP contribution < -0.4 is 10.0 Å². The van der Waals surface area contributed by atoms with Gasteiger partial charge in [0.1, 0.15) is 10.7 Å². The Labute approximate surface area is 123 Å². The van der Waals surface area contributed by atoms with Crippen molar-refractivity contribution in [1.82, 2.24) is 0 Å². The molecule has 3 rings (SSSR count). The smallest absolute Gasteiger partial charge is 0.267 e. The fraction of sp³-hybridized carbons (Fsp3) is 0.200. The van der Waals surface area contributed by atoms with Gasteiger partial charge >= 0.3 is 0 Å². The summed E-state index contributed by atoms with van der Waals surface area (Å²) in [4.78, 5) is -0.376. The Bertz CT molecular complexity index is 790. The highest BCUT2D eigenvalue weighted by Gasteiger charge is 2.31. The third-order valence-corrected chi connectivity index (χ3v) is 5.42. The lowest BCUT2D eigenvalue weighted by molar-refractivity contribution is 0.561. The van der Waals surface area contributed by atoms with Crippen molar-refractivity contribution in [3.8, 4) is 0 Å². The normalized spacial score (nSPS) is 14.8. The van der Waals surface area contributed by atoms with Crippen molar-refractivity contribution in [2.75, 3.05) is 16.6 Å². The van der Waals surface area contributed by atoms with Crippen LogP contribution in [0.15, 0.2) is 47.4 Å². The largest absolute Gasteiger partial charge is 0.399 e. The van der Waals surface area contributed by atoms with E-state index < -0.39 is 15.8 Å². The van der Waals surface area contributed by atoms with Gasteiger partial charge in [0.2, 0.25) is 0 Å². The van der Waals surface area contributed by atoms with Gasteiger partial charge < -0.3 is 5.73 Å². The highest BCUT2D eigenvalue weighted by molar-refractivity contribution is 7.92. The number of aryl methyl sites for hydroxylation is 1. The van der Waals surface area contributed by atoms with Gasteiger partial charge in [-0.1, -0.05) is 18.2 Å². The summed E-state index contributed by atoms with van der Waals surface area (Å²) in [6, 6.07) is 10.9. The highest BCUT2D eigenvalue weighted by Crippen LogP contribution is 2.32. The van der Waals surface area contributed by atoms with E-state index in [0.717, 1.165) is 18.1 Å². The fourth-order valence-corrected chi connectivity index (χ4v) is 4.23. The SMILES string of the molecule is Nc1ccc(F)c(S(=O)(=O)N2CCCc3ccccc32)c1. The second-order valence-electron chi connectivity index (χ2n) is 5.00. The van der Waals surface area contributed by atoms with E-state index in [1.807, 2.05) is 12.1 Å². The van der Waals surface area contributed by atoms with E-state index in [9.17, 15) is 12.8 Å². The minimum absolute atomic E-state index is 0.222. The maximum Gasteiger partial charge on any atom is 0.267 e. The number of rotatable bonds is 2. The Morgan fingerprint density at radius 3 is 2.71 bits per heavy atom. The summed E-state index contributed by atoms with van der Waals surface area (Å²) in [6.07, 6.45) is 1.53. The fourth-order valence-electron chi connectivity index (χ4n) is 2.59. The predicted octanol–water partition coefficient (Wildman–Crippen LogP) is 2.55. The van der Waals surface area contributed by atoms with E-state index in [1.165, 1.54) is 16.4 Å². The molecule has 0 aliphatic carbocycles. The van der Waals surface area contributed by atoms with Crippen LogP contribution in [0.4, 0.5) is 15.8 Å². The number of hydrogen-bond donors (Lipinski definition) is 1. The van der Waals surface area contributed by atoms with Gasteiger partial charge in [0.25, 0.3) is 10.0 Å². The topological polar surface area (TPSA) is 63.4 Å². The Balaban J connectivity index is 2.14. The molecule has 0 amide bonds. The summed E-state index contributed by atoms with van der Waals surface area (Å²) in [5, 5.41) is 0. The first-order chi connectivity index (χ1) is 10.00. The highest BCUT2D eigenvalue weighted by atomic mass is 32.2. The Morgan fingerprint density at radius 1 is 1.14 bits per heavy atom. The summed E-state index contributed by atoms with van der Waals surface area (Å²) in [7, 11) is -3.95. The van der Waals surface area contributed by atoms with Crippen molar-refractivity contribution in [2.24, 2.45) is 0 Å². The zero-order valence-electron chi connectivity index (χ0n) is 11.3. The Morgan fingerprint density at radius 2 is 1.90 bits per heavy atom. The zero-order valence-corrected chi connectivity index (χ0v) is 12.1. The molecule has 6 heteroatoms. The first-order valence-corrected chi connectivity index (χ1v) is 8.10. The molecule has 0 fully saturated rings. The number of para-hydroxylation sites is 1. The van der Waals surface area contributed by atoms with Crippen LogP contribution in [0.1, 0.15) is 12.0 Å². The van der Waals surface area contributed by atoms with Crippen molar-refractivity contribution in [1.29, 1.82) is 0 Å². The Kier molecular flexibility index (Phi) is 3.33. The maximum absolute atomic E-state index is 13.9. The minimum Gasteiger partial charge on any atom is -0.399 e. The molecule has 0 saturated carbocycles. The van der Waals surface area contributed by atoms with Crippen LogP contribution in [-0.2, 0) is 16.4 Å². The van der Waals surface area contributed by atoms with Crippen LogP contribution in [-0.4, -0.2) is 15.0 Å². The molecule has 0 bridgehead atoms. The third-order valence-electron chi connectivity index (χ3n) is 3.59. The van der Waals surface area contributed by atoms with E-state index in [-0.39, 0.29) is 10.6 Å². The lowest BCUT2D eigenvalue weighted by Crippen LogP contribution is -2.36. The van der Waals surface area contributed by atoms with E-state index >= 15 is 0 Å². The number of fused-ring (bicyclic) bond motifs is 1. The molecule has 0 radical (unpaired) electrons. The molecule has 1 aliphatic heterocycles. The van der Waals surface area contributed by atoms with Gasteiger partial charge in [-0.05, 0) is 42.7 Å². The third kappa shape index (κ3) is 2.35. The number of halogens is 1. The molecule has 2 aromatic carbocycles. The average Bonchev–Trinajstić information content (AvgIpc) is 2.49. The quantitative estimate of drug-likeness (QED) is 0.867. The van der Waals surface area contributed by atoms with Gasteiger partial charge in [-0.25, -0.2) is 12.8 Å². The van der Waals surface area contributed by atoms with Crippen LogP contribution in [0.2, 0.25) is 0 Å². The lowest BCUT2D eigenvalue weighted by Gasteiger charge is -2.30. The monoisotopic (exact) mass is 306 g/mol. The number of nitrogen functional groups attached to an aromatic ring is 1. The number of nitrogens with zero attached hydrogens (tertiary/aromatic N) is 1. The van der Waals surface area contributed by atoms with Crippen molar-refractivity contribution >= 4 is 21.4 Å². The van der Waals surface area contributed by atoms with Gasteiger partial charge in [0.15, 0.2) is 0 Å². The van der Waals surface area contributed by atoms with E-state index in [1.54, 1.807) is 12.1 Å². The summed E-state index contributed by atoms with van der Waals surface area (Å²) >= 11 is 0. The summed E-state index contributed by atoms with van der Waals surface area (Å²) in [5.74, 6) is -0.785. The van der Waals surface area contributed by atoms with Crippen molar-refractivity contribution in [2.45, 2.75) is 17.7 Å². The molecule has 0 atom stereocenters. The lowest BCUT2D eigenvalue weighted by atomic mass is 10.0. The number of benzene rings is 2. The molecular weight excluding hydrogens is 291 g/mol. The molecule has 4 nitrogen and oxygen atoms in total. The summed E-state index contributed by atoms with van der Waals surface area (Å²) in [5.41, 5.74) is 7.39. The molecule has 0 saturated heterocycles. The second-order valence-corrected chi connectivity index (χ2v) is 6.83. The van der Waals surface area contributed by atoms with Crippen LogP contribution in [0.5, 0.6) is 0 Å².